The van der Waals surface area contributed by atoms with Gasteiger partial charge >= 0.3 is 0 Å². The molecule has 2 aliphatic rings. The minimum atomic E-state index is -0.448. The number of hydrogen-bond acceptors (Lipinski definition) is 13. The van der Waals surface area contributed by atoms with Gasteiger partial charge in [0.1, 0.15) is 0 Å². The molecule has 0 unspecified atom stereocenters. The number of hydrazone groups is 2. The van der Waals surface area contributed by atoms with Gasteiger partial charge in [-0.25, -0.2) is 10.9 Å². The van der Waals surface area contributed by atoms with Crippen LogP contribution in [0, 0.1) is 0 Å². The third-order valence-electron chi connectivity index (χ3n) is 6.19. The molecule has 0 bridgehead atoms. The number of nitrogens with one attached hydrogen (secondary N) is 2. The van der Waals surface area contributed by atoms with Crippen molar-refractivity contribution in [3.63, 3.8) is 0 Å². The number of ether oxygens (including phenoxy) is 4. The molecule has 2 aromatic carbocycles. The van der Waals surface area contributed by atoms with E-state index in [9.17, 15) is 9.59 Å². The monoisotopic (exact) mass is 642 g/mol. The van der Waals surface area contributed by atoms with E-state index in [1.165, 1.54) is 34.9 Å². The highest BCUT2D eigenvalue weighted by Gasteiger charge is 2.21. The lowest BCUT2D eigenvalue weighted by molar-refractivity contribution is -0.121. The van der Waals surface area contributed by atoms with Crippen LogP contribution >= 0.6 is 34.9 Å². The van der Waals surface area contributed by atoms with E-state index in [0.717, 1.165) is 34.0 Å². The predicted molar refractivity (Wildman–Crippen MR) is 166 cm³/mol. The summed E-state index contributed by atoms with van der Waals surface area (Å²) in [5, 5.41) is 15.9. The smallest absolute Gasteiger partial charge is 0.253 e. The molecule has 0 saturated heterocycles. The van der Waals surface area contributed by atoms with Crippen LogP contribution in [0.3, 0.4) is 0 Å². The van der Waals surface area contributed by atoms with Crippen molar-refractivity contribution in [3.05, 3.63) is 47.5 Å². The molecule has 2 amide bonds. The number of carbonyl (C=O) groups is 2. The number of benzene rings is 2. The fourth-order valence-electron chi connectivity index (χ4n) is 3.96. The fraction of sp³-hybridized carbons (Fsp3) is 0.357. The number of aromatic nitrogens is 2. The van der Waals surface area contributed by atoms with Gasteiger partial charge in [-0.15, -0.1) is 10.2 Å². The second-order valence-electron chi connectivity index (χ2n) is 9.73. The van der Waals surface area contributed by atoms with Gasteiger partial charge in [0, 0.05) is 24.3 Å². The molecule has 226 valence electrons. The summed E-state index contributed by atoms with van der Waals surface area (Å²) in [6, 6.07) is 11.4. The molecule has 3 heterocycles. The lowest BCUT2D eigenvalue weighted by atomic mass is 10.1. The summed E-state index contributed by atoms with van der Waals surface area (Å²) in [4.78, 5) is 25.2. The van der Waals surface area contributed by atoms with Crippen molar-refractivity contribution in [1.82, 2.24) is 21.0 Å². The van der Waals surface area contributed by atoms with Crippen molar-refractivity contribution < 1.29 is 28.5 Å². The molecule has 0 saturated carbocycles. The molecule has 0 radical (unpaired) electrons. The normalized spacial score (nSPS) is 15.3. The van der Waals surface area contributed by atoms with Crippen molar-refractivity contribution in [2.45, 2.75) is 59.7 Å². The third-order valence-corrected chi connectivity index (χ3v) is 9.48. The third kappa shape index (κ3) is 8.39. The van der Waals surface area contributed by atoms with E-state index in [1.807, 2.05) is 50.2 Å². The highest BCUT2D eigenvalue weighted by molar-refractivity contribution is 8.04. The fourth-order valence-corrected chi connectivity index (χ4v) is 7.25. The number of rotatable bonds is 12. The molecule has 15 heteroatoms. The maximum atomic E-state index is 12.6. The van der Waals surface area contributed by atoms with Crippen LogP contribution in [0.5, 0.6) is 23.0 Å². The summed E-state index contributed by atoms with van der Waals surface area (Å²) in [6.45, 7) is 7.69. The quantitative estimate of drug-likeness (QED) is 0.165. The van der Waals surface area contributed by atoms with Crippen LogP contribution in [0.4, 0.5) is 0 Å². The molecular weight excluding hydrogens is 613 g/mol. The van der Waals surface area contributed by atoms with Crippen molar-refractivity contribution >= 4 is 58.1 Å². The first-order valence-electron chi connectivity index (χ1n) is 13.3. The Kier molecular flexibility index (Phi) is 10.0. The van der Waals surface area contributed by atoms with Crippen LogP contribution in [0.25, 0.3) is 0 Å². The first-order valence-corrected chi connectivity index (χ1v) is 15.9. The summed E-state index contributed by atoms with van der Waals surface area (Å²) in [6.07, 6.45) is 1.12. The van der Waals surface area contributed by atoms with Gasteiger partial charge < -0.3 is 18.9 Å². The molecule has 2 N–H and O–H groups in total. The Morgan fingerprint density at radius 1 is 0.767 bits per heavy atom. The summed E-state index contributed by atoms with van der Waals surface area (Å²) in [7, 11) is 0. The molecule has 0 aliphatic carbocycles. The molecule has 0 spiro atoms. The number of fused-ring (bicyclic) bond motifs is 2. The lowest BCUT2D eigenvalue weighted by Crippen LogP contribution is -2.27. The Morgan fingerprint density at radius 2 is 1.19 bits per heavy atom. The maximum Gasteiger partial charge on any atom is 0.253 e. The van der Waals surface area contributed by atoms with Gasteiger partial charge in [0.25, 0.3) is 11.8 Å². The maximum absolute atomic E-state index is 12.6. The first kappa shape index (κ1) is 30.6. The van der Waals surface area contributed by atoms with Gasteiger partial charge in [-0.2, -0.15) is 10.2 Å². The van der Waals surface area contributed by atoms with Crippen molar-refractivity contribution in [1.29, 1.82) is 0 Å². The largest absolute Gasteiger partial charge is 0.454 e. The van der Waals surface area contributed by atoms with Crippen LogP contribution < -0.4 is 29.8 Å². The highest BCUT2D eigenvalue weighted by Crippen LogP contribution is 2.35. The van der Waals surface area contributed by atoms with E-state index in [4.69, 9.17) is 18.9 Å². The second-order valence-corrected chi connectivity index (χ2v) is 13.9. The molecule has 0 fully saturated rings. The van der Waals surface area contributed by atoms with Crippen molar-refractivity contribution in [2.24, 2.45) is 10.2 Å². The molecule has 43 heavy (non-hydrogen) atoms. The molecule has 1 aromatic heterocycles. The predicted octanol–water partition coefficient (Wildman–Crippen LogP) is 4.43. The summed E-state index contributed by atoms with van der Waals surface area (Å²) < 4.78 is 22.7. The minimum Gasteiger partial charge on any atom is -0.454 e. The van der Waals surface area contributed by atoms with Crippen molar-refractivity contribution in [2.75, 3.05) is 13.6 Å². The zero-order valence-electron chi connectivity index (χ0n) is 23.9. The number of amides is 2. The van der Waals surface area contributed by atoms with Crippen molar-refractivity contribution in [3.8, 4) is 23.0 Å². The Balaban J connectivity index is 1.04. The Hall–Kier alpha value is -3.82. The van der Waals surface area contributed by atoms with Gasteiger partial charge in [0.05, 0.1) is 10.5 Å². The van der Waals surface area contributed by atoms with E-state index in [0.29, 0.717) is 33.0 Å². The first-order chi connectivity index (χ1) is 20.7. The molecular formula is C28H30N6O6S3. The van der Waals surface area contributed by atoms with Gasteiger partial charge in [0.2, 0.25) is 13.6 Å². The molecule has 2 aliphatic heterocycles. The standard InChI is InChI=1S/C28H30N6O6S3/c1-15(9-19-5-7-21-23(11-19)39-13-37-21)29-31-25(35)17(3)41-27-33-34-28(43-27)42-18(4)26(36)32-30-16(2)10-20-6-8-22-24(12-20)40-14-38-22/h5-8,11-12,17-18H,9-10,13-14H2,1-4H3,(H,31,35)(H,32,36)/b29-15-,30-16-/t17-,18+. The number of hydrogen-bond donors (Lipinski definition) is 2. The van der Waals surface area contributed by atoms with E-state index in [1.54, 1.807) is 13.8 Å². The zero-order chi connectivity index (χ0) is 30.3. The molecule has 2 atom stereocenters. The Bertz CT molecular complexity index is 1450. The lowest BCUT2D eigenvalue weighted by Gasteiger charge is -2.08. The SMILES string of the molecule is C/C(Cc1ccc2c(c1)OCO2)=N/NC(=O)[C@H](C)Sc1nnc(S[C@H](C)C(=O)N/N=C(/C)Cc2ccc3c(c2)OCO3)s1. The molecule has 12 nitrogen and oxygen atoms in total. The summed E-state index contributed by atoms with van der Waals surface area (Å²) in [5.41, 5.74) is 8.76. The van der Waals surface area contributed by atoms with E-state index in [-0.39, 0.29) is 25.4 Å². The molecule has 3 aromatic rings. The Labute approximate surface area is 261 Å². The van der Waals surface area contributed by atoms with E-state index < -0.39 is 10.5 Å². The van der Waals surface area contributed by atoms with Crippen LogP contribution in [-0.2, 0) is 22.4 Å². The average Bonchev–Trinajstić information content (AvgIpc) is 3.75. The highest BCUT2D eigenvalue weighted by atomic mass is 32.2. The number of thioether (sulfide) groups is 2. The number of nitrogens with zero attached hydrogens (tertiary/aromatic N) is 4. The van der Waals surface area contributed by atoms with E-state index >= 15 is 0 Å². The van der Waals surface area contributed by atoms with Crippen LogP contribution in [-0.4, -0.2) is 57.5 Å². The zero-order valence-corrected chi connectivity index (χ0v) is 26.4. The van der Waals surface area contributed by atoms with Gasteiger partial charge in [-0.05, 0) is 63.1 Å². The minimum absolute atomic E-state index is 0.223. The average molecular weight is 643 g/mol. The van der Waals surface area contributed by atoms with Crippen LogP contribution in [0.1, 0.15) is 38.8 Å². The second kappa shape index (κ2) is 14.1. The Morgan fingerprint density at radius 3 is 1.63 bits per heavy atom. The van der Waals surface area contributed by atoms with Crippen LogP contribution in [0.15, 0.2) is 55.3 Å². The van der Waals surface area contributed by atoms with Gasteiger partial charge in [-0.1, -0.05) is 47.0 Å². The number of carbonyl (C=O) groups excluding carboxylic acids is 2. The van der Waals surface area contributed by atoms with Gasteiger partial charge in [0.15, 0.2) is 31.7 Å². The summed E-state index contributed by atoms with van der Waals surface area (Å²) >= 11 is 3.88. The van der Waals surface area contributed by atoms with Gasteiger partial charge in [-0.3, -0.25) is 9.59 Å². The summed E-state index contributed by atoms with van der Waals surface area (Å²) in [5.74, 6) is 2.37. The van der Waals surface area contributed by atoms with E-state index in [2.05, 4.69) is 31.3 Å². The molecule has 5 rings (SSSR count). The van der Waals surface area contributed by atoms with Crippen LogP contribution in [0.2, 0.25) is 0 Å². The topological polar surface area (TPSA) is 146 Å².